The number of amides is 5. The molecule has 12 nitrogen and oxygen atoms in total. The van der Waals surface area contributed by atoms with E-state index in [4.69, 9.17) is 9.47 Å². The minimum atomic E-state index is -0.916. The lowest BCUT2D eigenvalue weighted by molar-refractivity contribution is -0.131. The Labute approximate surface area is 384 Å². The fraction of sp³-hybridized carbons (Fsp3) is 0.471. The van der Waals surface area contributed by atoms with Gasteiger partial charge in [0.05, 0.1) is 31.6 Å². The zero-order valence-electron chi connectivity index (χ0n) is 38.8. The molecule has 0 unspecified atom stereocenters. The van der Waals surface area contributed by atoms with Crippen molar-refractivity contribution in [2.75, 3.05) is 38.3 Å². The van der Waals surface area contributed by atoms with Crippen molar-refractivity contribution in [3.63, 3.8) is 0 Å². The van der Waals surface area contributed by atoms with Gasteiger partial charge < -0.3 is 35.2 Å². The molecule has 3 N–H and O–H groups in total. The van der Waals surface area contributed by atoms with Gasteiger partial charge in [0, 0.05) is 43.2 Å². The average Bonchev–Trinajstić information content (AvgIpc) is 3.61. The summed E-state index contributed by atoms with van der Waals surface area (Å²) in [5.74, 6) is 1.04. The molecule has 13 heteroatoms. The highest BCUT2D eigenvalue weighted by Gasteiger charge is 2.45. The SMILES string of the molecule is CCSCCO[C@@H](C[C@H](Cc1ccc(-c2ccccn2)cc1)NC(=O)[C@@H](NC(=O)OC)C(C)(C)C)[C@H](Cc1ccccc1)NC(=O)[C@@H](N1CCN(Cc2ccccc2)C1=O)C(C)(C)C. The van der Waals surface area contributed by atoms with E-state index in [1.807, 2.05) is 145 Å². The Hall–Kier alpha value is -5.40. The number of benzene rings is 3. The van der Waals surface area contributed by atoms with E-state index < -0.39 is 47.2 Å². The van der Waals surface area contributed by atoms with Crippen LogP contribution < -0.4 is 16.0 Å². The first-order valence-electron chi connectivity index (χ1n) is 22.4. The van der Waals surface area contributed by atoms with Crippen LogP contribution in [0.5, 0.6) is 0 Å². The van der Waals surface area contributed by atoms with Crippen LogP contribution in [-0.4, -0.2) is 107 Å². The van der Waals surface area contributed by atoms with Crippen molar-refractivity contribution < 1.29 is 28.7 Å². The number of urea groups is 1. The van der Waals surface area contributed by atoms with Crippen molar-refractivity contribution >= 4 is 35.7 Å². The Morgan fingerprint density at radius 3 is 1.98 bits per heavy atom. The highest BCUT2D eigenvalue weighted by Crippen LogP contribution is 2.30. The van der Waals surface area contributed by atoms with Crippen molar-refractivity contribution in [2.24, 2.45) is 10.8 Å². The molecule has 0 spiro atoms. The number of carbonyl (C=O) groups excluding carboxylic acids is 4. The standard InChI is InChI=1S/C51H68N6O6S/c1-9-64-31-30-63-43(34-40(53-46(58)44(50(2,3)4)55-48(60)62-8)32-37-23-25-39(26-24-37)41-22-16-17-27-52-41)42(33-36-18-12-10-13-19-36)54-47(59)45(51(5,6)7)57-29-28-56(49(57)61)35-38-20-14-11-15-21-38/h10-27,40,42-45H,9,28-35H2,1-8H3,(H,53,58)(H,54,59)(H,55,60)/t40-,42-,43-,44+,45+/m0/s1. The molecule has 5 rings (SSSR count). The third-order valence-corrected chi connectivity index (χ3v) is 12.3. The predicted octanol–water partition coefficient (Wildman–Crippen LogP) is 8.16. The van der Waals surface area contributed by atoms with E-state index in [0.717, 1.165) is 39.5 Å². The average molecular weight is 893 g/mol. The Balaban J connectivity index is 1.50. The highest BCUT2D eigenvalue weighted by atomic mass is 32.2. The molecule has 5 atom stereocenters. The molecular weight excluding hydrogens is 825 g/mol. The van der Waals surface area contributed by atoms with Gasteiger partial charge >= 0.3 is 12.1 Å². The van der Waals surface area contributed by atoms with Gasteiger partial charge in [-0.1, -0.05) is 139 Å². The number of nitrogens with zero attached hydrogens (tertiary/aromatic N) is 3. The van der Waals surface area contributed by atoms with Crippen LogP contribution in [0, 0.1) is 10.8 Å². The summed E-state index contributed by atoms with van der Waals surface area (Å²) in [4.78, 5) is 64.1. The van der Waals surface area contributed by atoms with Crippen LogP contribution in [0.1, 0.15) is 71.6 Å². The summed E-state index contributed by atoms with van der Waals surface area (Å²) in [6.07, 6.45) is 1.68. The summed E-state index contributed by atoms with van der Waals surface area (Å²) in [6, 6.07) is 30.9. The van der Waals surface area contributed by atoms with Crippen LogP contribution in [0.2, 0.25) is 0 Å². The third-order valence-electron chi connectivity index (χ3n) is 11.4. The number of rotatable bonds is 21. The van der Waals surface area contributed by atoms with Crippen LogP contribution >= 0.6 is 11.8 Å². The van der Waals surface area contributed by atoms with Crippen LogP contribution in [-0.2, 0) is 38.4 Å². The molecule has 1 aliphatic heterocycles. The molecule has 0 saturated carbocycles. The number of carbonyl (C=O) groups is 4. The number of pyridine rings is 1. The lowest BCUT2D eigenvalue weighted by Gasteiger charge is -2.39. The van der Waals surface area contributed by atoms with Gasteiger partial charge in [0.15, 0.2) is 0 Å². The summed E-state index contributed by atoms with van der Waals surface area (Å²) in [7, 11) is 1.27. The molecule has 1 saturated heterocycles. The second-order valence-corrected chi connectivity index (χ2v) is 19.9. The molecule has 0 radical (unpaired) electrons. The van der Waals surface area contributed by atoms with Crippen LogP contribution in [0.15, 0.2) is 109 Å². The normalized spacial score (nSPS) is 15.5. The Morgan fingerprint density at radius 1 is 0.750 bits per heavy atom. The Kier molecular flexibility index (Phi) is 18.2. The van der Waals surface area contributed by atoms with Gasteiger partial charge in [-0.05, 0) is 64.7 Å². The predicted molar refractivity (Wildman–Crippen MR) is 256 cm³/mol. The summed E-state index contributed by atoms with van der Waals surface area (Å²) in [5, 5.41) is 9.48. The van der Waals surface area contributed by atoms with Crippen LogP contribution in [0.25, 0.3) is 11.3 Å². The van der Waals surface area contributed by atoms with E-state index in [1.165, 1.54) is 7.11 Å². The minimum Gasteiger partial charge on any atom is -0.453 e. The lowest BCUT2D eigenvalue weighted by atomic mass is 9.84. The molecule has 1 aromatic heterocycles. The van der Waals surface area contributed by atoms with E-state index >= 15 is 0 Å². The van der Waals surface area contributed by atoms with Crippen molar-refractivity contribution in [3.8, 4) is 11.3 Å². The molecule has 2 heterocycles. The topological polar surface area (TPSA) is 142 Å². The molecule has 5 amide bonds. The van der Waals surface area contributed by atoms with Gasteiger partial charge in [-0.15, -0.1) is 0 Å². The zero-order valence-corrected chi connectivity index (χ0v) is 39.7. The molecule has 0 aliphatic carbocycles. The van der Waals surface area contributed by atoms with E-state index in [9.17, 15) is 19.2 Å². The number of hydrogen-bond donors (Lipinski definition) is 3. The van der Waals surface area contributed by atoms with Crippen molar-refractivity contribution in [2.45, 2.75) is 105 Å². The first kappa shape index (κ1) is 49.6. The molecule has 1 aliphatic rings. The van der Waals surface area contributed by atoms with E-state index in [-0.39, 0.29) is 17.8 Å². The molecule has 0 bridgehead atoms. The van der Waals surface area contributed by atoms with Gasteiger partial charge in [0.2, 0.25) is 11.8 Å². The number of methoxy groups -OCH3 is 1. The first-order chi connectivity index (χ1) is 30.6. The highest BCUT2D eigenvalue weighted by molar-refractivity contribution is 7.99. The lowest BCUT2D eigenvalue weighted by Crippen LogP contribution is -2.59. The molecule has 344 valence electrons. The number of aromatic nitrogens is 1. The number of nitrogens with one attached hydrogen (secondary N) is 3. The molecule has 4 aromatic rings. The zero-order chi connectivity index (χ0) is 46.3. The minimum absolute atomic E-state index is 0.172. The van der Waals surface area contributed by atoms with E-state index in [1.54, 1.807) is 27.8 Å². The third kappa shape index (κ3) is 14.6. The van der Waals surface area contributed by atoms with Gasteiger partial charge in [-0.2, -0.15) is 11.8 Å². The second-order valence-electron chi connectivity index (χ2n) is 18.6. The summed E-state index contributed by atoms with van der Waals surface area (Å²) in [6.45, 7) is 15.5. The van der Waals surface area contributed by atoms with Crippen molar-refractivity contribution in [1.29, 1.82) is 0 Å². The molecular formula is C51H68N6O6S. The van der Waals surface area contributed by atoms with Crippen LogP contribution in [0.3, 0.4) is 0 Å². The van der Waals surface area contributed by atoms with E-state index in [2.05, 4.69) is 27.9 Å². The van der Waals surface area contributed by atoms with E-state index in [0.29, 0.717) is 45.5 Å². The number of ether oxygens (including phenoxy) is 2. The number of hydrogen-bond acceptors (Lipinski definition) is 8. The largest absolute Gasteiger partial charge is 0.453 e. The quantitative estimate of drug-likeness (QED) is 0.0712. The Bertz CT molecular complexity index is 2080. The Morgan fingerprint density at radius 2 is 1.39 bits per heavy atom. The molecule has 3 aromatic carbocycles. The maximum atomic E-state index is 15.0. The smallest absolute Gasteiger partial charge is 0.407 e. The summed E-state index contributed by atoms with van der Waals surface area (Å²) >= 11 is 1.76. The van der Waals surface area contributed by atoms with Crippen molar-refractivity contribution in [1.82, 2.24) is 30.7 Å². The van der Waals surface area contributed by atoms with Gasteiger partial charge in [0.1, 0.15) is 12.1 Å². The van der Waals surface area contributed by atoms with Gasteiger partial charge in [-0.25, -0.2) is 9.59 Å². The first-order valence-corrected chi connectivity index (χ1v) is 23.5. The maximum absolute atomic E-state index is 15.0. The monoisotopic (exact) mass is 892 g/mol. The number of alkyl carbamates (subject to hydrolysis) is 1. The van der Waals surface area contributed by atoms with Gasteiger partial charge in [-0.3, -0.25) is 14.6 Å². The number of thioether (sulfide) groups is 1. The molecule has 1 fully saturated rings. The fourth-order valence-corrected chi connectivity index (χ4v) is 8.69. The summed E-state index contributed by atoms with van der Waals surface area (Å²) in [5.41, 5.74) is 3.56. The summed E-state index contributed by atoms with van der Waals surface area (Å²) < 4.78 is 11.8. The van der Waals surface area contributed by atoms with Crippen LogP contribution in [0.4, 0.5) is 9.59 Å². The van der Waals surface area contributed by atoms with Crippen molar-refractivity contribution in [3.05, 3.63) is 126 Å². The fourth-order valence-electron chi connectivity index (χ4n) is 8.19. The maximum Gasteiger partial charge on any atom is 0.407 e. The molecule has 64 heavy (non-hydrogen) atoms. The van der Waals surface area contributed by atoms with Gasteiger partial charge in [0.25, 0.3) is 0 Å². The second kappa shape index (κ2) is 23.5.